The van der Waals surface area contributed by atoms with Crippen molar-refractivity contribution in [3.8, 4) is 0 Å². The highest BCUT2D eigenvalue weighted by Crippen LogP contribution is 2.30. The lowest BCUT2D eigenvalue weighted by Gasteiger charge is -2.57. The van der Waals surface area contributed by atoms with E-state index in [4.69, 9.17) is 0 Å². The van der Waals surface area contributed by atoms with Crippen LogP contribution in [-0.4, -0.2) is 170 Å². The molecule has 59 heavy (non-hydrogen) atoms. The molecule has 0 N–H and O–H groups in total. The summed E-state index contributed by atoms with van der Waals surface area (Å²) in [6.45, 7) is 32.1. The van der Waals surface area contributed by atoms with E-state index >= 15 is 0 Å². The highest BCUT2D eigenvalue weighted by Gasteiger charge is 2.52. The molecular formula is C51H102N6O2+4. The van der Waals surface area contributed by atoms with Gasteiger partial charge >= 0.3 is 0 Å². The summed E-state index contributed by atoms with van der Waals surface area (Å²) in [4.78, 5) is 32.6. The van der Waals surface area contributed by atoms with Gasteiger partial charge in [0.25, 0.3) is 11.8 Å². The normalized spacial score (nSPS) is 26.1. The van der Waals surface area contributed by atoms with Gasteiger partial charge in [0, 0.05) is 32.6 Å². The summed E-state index contributed by atoms with van der Waals surface area (Å²) in [7, 11) is 0. The maximum Gasteiger partial charge on any atom is 0.277 e. The summed E-state index contributed by atoms with van der Waals surface area (Å²) in [6, 6.07) is 0. The number of piperazine rings is 6. The van der Waals surface area contributed by atoms with E-state index in [1.165, 1.54) is 261 Å². The molecule has 344 valence electrons. The topological polar surface area (TPSA) is 40.6 Å². The first-order chi connectivity index (χ1) is 28.8. The lowest BCUT2D eigenvalue weighted by molar-refractivity contribution is -1.09. The van der Waals surface area contributed by atoms with Crippen molar-refractivity contribution in [2.45, 2.75) is 188 Å². The van der Waals surface area contributed by atoms with Crippen LogP contribution in [0.25, 0.3) is 0 Å². The van der Waals surface area contributed by atoms with E-state index in [1.807, 2.05) is 0 Å². The Morgan fingerprint density at radius 1 is 0.305 bits per heavy atom. The Hall–Kier alpha value is -1.22. The fourth-order valence-corrected chi connectivity index (χ4v) is 11.6. The van der Waals surface area contributed by atoms with Crippen LogP contribution in [0.3, 0.4) is 0 Å². The second-order valence-electron chi connectivity index (χ2n) is 21.0. The number of hydrogen-bond donors (Lipinski definition) is 0. The van der Waals surface area contributed by atoms with E-state index < -0.39 is 0 Å². The van der Waals surface area contributed by atoms with Crippen molar-refractivity contribution >= 4 is 11.8 Å². The Bertz CT molecular complexity index is 978. The fraction of sp³-hybridized carbons (Fsp3) is 0.961. The van der Waals surface area contributed by atoms with Gasteiger partial charge < -0.3 is 27.7 Å². The van der Waals surface area contributed by atoms with Crippen molar-refractivity contribution in [3.63, 3.8) is 0 Å². The monoisotopic (exact) mass is 831 g/mol. The number of carbonyl (C=O) groups excluding carboxylic acids is 2. The molecule has 8 nitrogen and oxygen atoms in total. The molecule has 6 saturated heterocycles. The molecule has 2 amide bonds. The van der Waals surface area contributed by atoms with Crippen molar-refractivity contribution in [2.24, 2.45) is 0 Å². The Labute approximate surface area is 367 Å². The molecule has 6 heterocycles. The zero-order valence-electron chi connectivity index (χ0n) is 40.3. The van der Waals surface area contributed by atoms with Gasteiger partial charge in [-0.25, -0.2) is 0 Å². The van der Waals surface area contributed by atoms with Crippen molar-refractivity contribution in [1.29, 1.82) is 0 Å². The number of hydrogen-bond acceptors (Lipinski definition) is 2. The second kappa shape index (κ2) is 27.8. The molecule has 0 spiro atoms. The van der Waals surface area contributed by atoms with E-state index in [2.05, 4.69) is 37.5 Å². The van der Waals surface area contributed by atoms with Crippen LogP contribution in [0, 0.1) is 0 Å². The summed E-state index contributed by atoms with van der Waals surface area (Å²) in [5.41, 5.74) is 0. The number of carbonyl (C=O) groups is 2. The van der Waals surface area contributed by atoms with Crippen LogP contribution < -0.4 is 0 Å². The molecule has 6 rings (SSSR count). The summed E-state index contributed by atoms with van der Waals surface area (Å²) >= 11 is 0. The maximum absolute atomic E-state index is 14.0. The molecule has 0 aliphatic carbocycles. The molecule has 6 aliphatic heterocycles. The second-order valence-corrected chi connectivity index (χ2v) is 21.0. The standard InChI is InChI=1S/C51H102N6O2/c1-5-9-13-17-21-25-30-52(31-26-22-18-14-10-6-2)50(58)48-56-42-36-54(37-43-56,38-44-56)34-29-35-55-39-45-57(46-40-55,47-41-55)49-51(59)53(32-27-23-19-15-11-7-3)33-28-24-20-16-12-8-4/h5-49H2,1-4H3/q+4. The lowest BCUT2D eigenvalue weighted by atomic mass is 10.0. The predicted octanol–water partition coefficient (Wildman–Crippen LogP) is 9.80. The highest BCUT2D eigenvalue weighted by molar-refractivity contribution is 5.77. The van der Waals surface area contributed by atoms with Gasteiger partial charge in [0.15, 0.2) is 13.1 Å². The van der Waals surface area contributed by atoms with Crippen molar-refractivity contribution in [3.05, 3.63) is 0 Å². The molecule has 0 aromatic carbocycles. The van der Waals surface area contributed by atoms with Gasteiger partial charge in [-0.05, 0) is 25.7 Å². The first-order valence-electron chi connectivity index (χ1n) is 26.7. The minimum Gasteiger partial charge on any atom is -0.338 e. The Morgan fingerprint density at radius 3 is 0.780 bits per heavy atom. The van der Waals surface area contributed by atoms with Crippen molar-refractivity contribution in [1.82, 2.24) is 9.80 Å². The fourth-order valence-electron chi connectivity index (χ4n) is 11.6. The van der Waals surface area contributed by atoms with Gasteiger partial charge in [-0.1, -0.05) is 156 Å². The van der Waals surface area contributed by atoms with E-state index in [1.54, 1.807) is 0 Å². The van der Waals surface area contributed by atoms with Gasteiger partial charge in [-0.2, -0.15) is 0 Å². The molecular weight excluding hydrogens is 729 g/mol. The third-order valence-electron chi connectivity index (χ3n) is 16.3. The quantitative estimate of drug-likeness (QED) is 0.0467. The largest absolute Gasteiger partial charge is 0.338 e. The molecule has 0 atom stereocenters. The van der Waals surface area contributed by atoms with Crippen LogP contribution in [0.2, 0.25) is 0 Å². The van der Waals surface area contributed by atoms with Gasteiger partial charge in [-0.15, -0.1) is 0 Å². The van der Waals surface area contributed by atoms with Crippen LogP contribution in [0.15, 0.2) is 0 Å². The third-order valence-corrected chi connectivity index (χ3v) is 16.3. The number of nitrogens with zero attached hydrogens (tertiary/aromatic N) is 6. The molecule has 0 aromatic rings. The predicted molar refractivity (Wildman–Crippen MR) is 250 cm³/mol. The summed E-state index contributed by atoms with van der Waals surface area (Å²) in [6.07, 6.45) is 32.4. The first-order valence-corrected chi connectivity index (χ1v) is 26.7. The zero-order valence-corrected chi connectivity index (χ0v) is 40.3. The first kappa shape index (κ1) is 50.4. The van der Waals surface area contributed by atoms with E-state index in [-0.39, 0.29) is 0 Å². The SMILES string of the molecule is CCCCCCCCN(CCCCCCCC)C(=O)C[N+]12CC[N+](CCC[N+]34CC[N+](CC(=O)N(CCCCCCCC)CCCCCCCC)(CC3)CC4)(CC1)CC2. The summed E-state index contributed by atoms with van der Waals surface area (Å²) < 4.78 is 4.76. The Kier molecular flexibility index (Phi) is 23.7. The maximum atomic E-state index is 14.0. The number of quaternary nitrogens is 4. The van der Waals surface area contributed by atoms with Crippen molar-refractivity contribution in [2.75, 3.05) is 131 Å². The zero-order chi connectivity index (χ0) is 42.1. The van der Waals surface area contributed by atoms with E-state index in [0.29, 0.717) is 11.8 Å². The number of rotatable bonds is 36. The van der Waals surface area contributed by atoms with Crippen LogP contribution >= 0.6 is 0 Å². The smallest absolute Gasteiger partial charge is 0.277 e. The van der Waals surface area contributed by atoms with Gasteiger partial charge in [0.2, 0.25) is 0 Å². The molecule has 8 heteroatoms. The van der Waals surface area contributed by atoms with E-state index in [0.717, 1.165) is 48.2 Å². The molecule has 6 fully saturated rings. The molecule has 0 aromatic heterocycles. The minimum atomic E-state index is 0.458. The lowest BCUT2D eigenvalue weighted by Crippen LogP contribution is -2.77. The summed E-state index contributed by atoms with van der Waals surface area (Å²) in [5, 5.41) is 0. The number of fused-ring (bicyclic) bond motifs is 6. The van der Waals surface area contributed by atoms with Gasteiger partial charge in [0.1, 0.15) is 78.5 Å². The van der Waals surface area contributed by atoms with E-state index in [9.17, 15) is 9.59 Å². The molecule has 4 bridgehead atoms. The average Bonchev–Trinajstić information content (AvgIpc) is 3.25. The van der Waals surface area contributed by atoms with Crippen LogP contribution in [0.5, 0.6) is 0 Å². The minimum absolute atomic E-state index is 0.458. The third kappa shape index (κ3) is 17.5. The number of unbranched alkanes of at least 4 members (excludes halogenated alkanes) is 20. The Balaban J connectivity index is 1.18. The average molecular weight is 831 g/mol. The van der Waals surface area contributed by atoms with Gasteiger partial charge in [0.05, 0.1) is 13.1 Å². The number of amides is 2. The van der Waals surface area contributed by atoms with Crippen LogP contribution in [0.1, 0.15) is 188 Å². The molecule has 0 saturated carbocycles. The summed E-state index contributed by atoms with van der Waals surface area (Å²) in [5.74, 6) is 0.916. The van der Waals surface area contributed by atoms with Crippen molar-refractivity contribution < 1.29 is 27.5 Å². The van der Waals surface area contributed by atoms with Gasteiger partial charge in [-0.3, -0.25) is 9.59 Å². The van der Waals surface area contributed by atoms with Crippen LogP contribution in [-0.2, 0) is 9.59 Å². The molecule has 6 aliphatic rings. The molecule has 0 unspecified atom stereocenters. The van der Waals surface area contributed by atoms with Crippen LogP contribution in [0.4, 0.5) is 0 Å². The Morgan fingerprint density at radius 2 is 0.525 bits per heavy atom. The molecule has 0 radical (unpaired) electrons. The highest BCUT2D eigenvalue weighted by atomic mass is 16.2.